The Morgan fingerprint density at radius 3 is 2.39 bits per heavy atom. The molecule has 0 saturated carbocycles. The highest BCUT2D eigenvalue weighted by molar-refractivity contribution is 6.37. The van der Waals surface area contributed by atoms with Crippen LogP contribution in [0.25, 0.3) is 5.57 Å². The molecule has 2 aromatic carbocycles. The molecule has 0 saturated heterocycles. The van der Waals surface area contributed by atoms with E-state index < -0.39 is 5.97 Å². The van der Waals surface area contributed by atoms with Crippen molar-refractivity contribution in [2.75, 3.05) is 19.8 Å². The number of allylic oxidation sites excluding steroid dienone is 1. The summed E-state index contributed by atoms with van der Waals surface area (Å²) < 4.78 is 16.6. The van der Waals surface area contributed by atoms with Crippen LogP contribution in [0.15, 0.2) is 42.5 Å². The first-order valence-electron chi connectivity index (χ1n) is 8.78. The minimum absolute atomic E-state index is 0.165. The predicted octanol–water partition coefficient (Wildman–Crippen LogP) is 5.48. The molecule has 0 aromatic heterocycles. The van der Waals surface area contributed by atoms with Crippen molar-refractivity contribution in [2.45, 2.75) is 20.5 Å². The van der Waals surface area contributed by atoms with Crippen LogP contribution in [0.5, 0.6) is 11.5 Å². The number of carboxylic acid groups (broad SMARTS) is 1. The normalized spacial score (nSPS) is 11.4. The first-order chi connectivity index (χ1) is 13.5. The molecule has 0 fully saturated rings. The minimum atomic E-state index is -0.991. The summed E-state index contributed by atoms with van der Waals surface area (Å²) in [6.45, 7) is 5.13. The number of hydrogen-bond donors (Lipinski definition) is 1. The molecule has 7 heteroatoms. The number of carboxylic acids is 1. The zero-order valence-corrected chi connectivity index (χ0v) is 17.2. The lowest BCUT2D eigenvalue weighted by molar-refractivity contribution is -0.130. The topological polar surface area (TPSA) is 65.0 Å². The van der Waals surface area contributed by atoms with Crippen molar-refractivity contribution in [3.63, 3.8) is 0 Å². The molecule has 5 nitrogen and oxygen atoms in total. The van der Waals surface area contributed by atoms with E-state index in [-0.39, 0.29) is 12.2 Å². The fourth-order valence-corrected chi connectivity index (χ4v) is 3.15. The summed E-state index contributed by atoms with van der Waals surface area (Å²) in [5, 5.41) is 10.0. The quantitative estimate of drug-likeness (QED) is 0.404. The van der Waals surface area contributed by atoms with Gasteiger partial charge in [-0.1, -0.05) is 53.5 Å². The zero-order valence-electron chi connectivity index (χ0n) is 15.7. The number of aliphatic carboxylic acids is 1. The van der Waals surface area contributed by atoms with Gasteiger partial charge in [0, 0.05) is 18.7 Å². The third-order valence-electron chi connectivity index (χ3n) is 3.87. The van der Waals surface area contributed by atoms with Crippen LogP contribution in [-0.4, -0.2) is 30.9 Å². The van der Waals surface area contributed by atoms with Gasteiger partial charge in [0.1, 0.15) is 19.0 Å². The summed E-state index contributed by atoms with van der Waals surface area (Å²) in [6.07, 6.45) is 1.56. The first kappa shape index (κ1) is 22.1. The Labute approximate surface area is 174 Å². The molecule has 28 heavy (non-hydrogen) atoms. The number of benzene rings is 2. The average molecular weight is 425 g/mol. The van der Waals surface area contributed by atoms with E-state index in [2.05, 4.69) is 0 Å². The van der Waals surface area contributed by atoms with Crippen LogP contribution in [0, 0.1) is 0 Å². The summed E-state index contributed by atoms with van der Waals surface area (Å²) in [5.41, 5.74) is 1.56. The van der Waals surface area contributed by atoms with Crippen LogP contribution < -0.4 is 9.47 Å². The van der Waals surface area contributed by atoms with Crippen molar-refractivity contribution in [3.8, 4) is 11.5 Å². The molecule has 2 rings (SSSR count). The molecule has 0 aliphatic carbocycles. The molecule has 0 unspecified atom stereocenters. The van der Waals surface area contributed by atoms with E-state index in [4.69, 9.17) is 37.4 Å². The molecule has 0 aliphatic rings. The number of carbonyl (C=O) groups is 1. The van der Waals surface area contributed by atoms with E-state index in [1.807, 2.05) is 19.1 Å². The number of hydrogen-bond acceptors (Lipinski definition) is 4. The van der Waals surface area contributed by atoms with Crippen molar-refractivity contribution in [1.82, 2.24) is 0 Å². The predicted molar refractivity (Wildman–Crippen MR) is 111 cm³/mol. The van der Waals surface area contributed by atoms with Crippen LogP contribution in [0.1, 0.15) is 25.0 Å². The Morgan fingerprint density at radius 1 is 1.11 bits per heavy atom. The zero-order chi connectivity index (χ0) is 20.5. The second-order valence-electron chi connectivity index (χ2n) is 5.71. The lowest BCUT2D eigenvalue weighted by atomic mass is 10.00. The smallest absolute Gasteiger partial charge is 0.335 e. The van der Waals surface area contributed by atoms with Crippen LogP contribution in [0.4, 0.5) is 0 Å². The van der Waals surface area contributed by atoms with Gasteiger partial charge in [-0.25, -0.2) is 4.79 Å². The fourth-order valence-electron chi connectivity index (χ4n) is 2.57. The average Bonchev–Trinajstić information content (AvgIpc) is 2.66. The summed E-state index contributed by atoms with van der Waals surface area (Å²) in [6, 6.07) is 10.4. The molecule has 0 amide bonds. The van der Waals surface area contributed by atoms with Gasteiger partial charge in [0.2, 0.25) is 0 Å². The Kier molecular flexibility index (Phi) is 8.64. The monoisotopic (exact) mass is 424 g/mol. The summed E-state index contributed by atoms with van der Waals surface area (Å²) in [7, 11) is 0. The third kappa shape index (κ3) is 5.89. The second-order valence-corrected chi connectivity index (χ2v) is 6.53. The van der Waals surface area contributed by atoms with Gasteiger partial charge < -0.3 is 19.3 Å². The highest BCUT2D eigenvalue weighted by Gasteiger charge is 2.15. The van der Waals surface area contributed by atoms with Gasteiger partial charge in [0.15, 0.2) is 5.75 Å². The van der Waals surface area contributed by atoms with Gasteiger partial charge in [-0.3, -0.25) is 0 Å². The number of rotatable bonds is 10. The molecule has 0 spiro atoms. The minimum Gasteiger partial charge on any atom is -0.489 e. The van der Waals surface area contributed by atoms with Crippen LogP contribution in [0.3, 0.4) is 0 Å². The summed E-state index contributed by atoms with van der Waals surface area (Å²) in [5.74, 6) is -0.160. The molecule has 0 atom stereocenters. The van der Waals surface area contributed by atoms with Gasteiger partial charge in [0.25, 0.3) is 0 Å². The molecule has 1 N–H and O–H groups in total. The van der Waals surface area contributed by atoms with Gasteiger partial charge in [-0.2, -0.15) is 0 Å². The second kappa shape index (κ2) is 11.0. The largest absolute Gasteiger partial charge is 0.489 e. The van der Waals surface area contributed by atoms with E-state index in [0.29, 0.717) is 46.9 Å². The van der Waals surface area contributed by atoms with Crippen LogP contribution in [0.2, 0.25) is 10.0 Å². The molecule has 0 heterocycles. The lowest BCUT2D eigenvalue weighted by Crippen LogP contribution is -2.07. The Balaban J connectivity index is 2.13. The van der Waals surface area contributed by atoms with Crippen molar-refractivity contribution >= 4 is 34.7 Å². The maximum Gasteiger partial charge on any atom is 0.335 e. The van der Waals surface area contributed by atoms with Crippen LogP contribution >= 0.6 is 23.2 Å². The number of halogens is 2. The maximum atomic E-state index is 11.4. The molecule has 2 aromatic rings. The molecule has 0 bridgehead atoms. The maximum absolute atomic E-state index is 11.4. The molecular weight excluding hydrogens is 403 g/mol. The Hall–Kier alpha value is -2.21. The van der Waals surface area contributed by atoms with Gasteiger partial charge in [-0.15, -0.1) is 0 Å². The molecule has 150 valence electrons. The van der Waals surface area contributed by atoms with E-state index in [1.54, 1.807) is 37.3 Å². The fraction of sp³-hybridized carbons (Fsp3) is 0.286. The van der Waals surface area contributed by atoms with E-state index >= 15 is 0 Å². The summed E-state index contributed by atoms with van der Waals surface area (Å²) in [4.78, 5) is 11.4. The van der Waals surface area contributed by atoms with E-state index in [1.165, 1.54) is 0 Å². The highest BCUT2D eigenvalue weighted by Crippen LogP contribution is 2.37. The number of ether oxygens (including phenoxy) is 3. The lowest BCUT2D eigenvalue weighted by Gasteiger charge is -2.14. The van der Waals surface area contributed by atoms with Crippen molar-refractivity contribution in [2.24, 2.45) is 0 Å². The third-order valence-corrected chi connectivity index (χ3v) is 4.43. The standard InChI is InChI=1S/C21H22Cl2O5/c1-3-16(21(24)25)17-8-6-5-7-14(17)13-28-15-11-18(22)20(19(23)12-15)27-10-9-26-4-2/h3,5-8,11-12H,4,9-10,13H2,1-2H3,(H,24,25)/b16-3+. The van der Waals surface area contributed by atoms with Gasteiger partial charge >= 0.3 is 5.97 Å². The van der Waals surface area contributed by atoms with Crippen molar-refractivity contribution in [1.29, 1.82) is 0 Å². The summed E-state index contributed by atoms with van der Waals surface area (Å²) >= 11 is 12.5. The van der Waals surface area contributed by atoms with Crippen molar-refractivity contribution < 1.29 is 24.1 Å². The Morgan fingerprint density at radius 2 is 1.79 bits per heavy atom. The molecule has 0 aliphatic heterocycles. The first-order valence-corrected chi connectivity index (χ1v) is 9.53. The van der Waals surface area contributed by atoms with Gasteiger partial charge in [-0.05, 0) is 25.0 Å². The Bertz CT molecular complexity index is 825. The van der Waals surface area contributed by atoms with Crippen LogP contribution in [-0.2, 0) is 16.1 Å². The van der Waals surface area contributed by atoms with Gasteiger partial charge in [0.05, 0.1) is 22.2 Å². The molecular formula is C21H22Cl2O5. The van der Waals surface area contributed by atoms with Crippen molar-refractivity contribution in [3.05, 3.63) is 63.6 Å². The highest BCUT2D eigenvalue weighted by atomic mass is 35.5. The van der Waals surface area contributed by atoms with E-state index in [0.717, 1.165) is 5.56 Å². The van der Waals surface area contributed by atoms with E-state index in [9.17, 15) is 9.90 Å². The SMILES string of the molecule is C/C=C(/C(=O)O)c1ccccc1COc1cc(Cl)c(OCCOCC)c(Cl)c1. The molecule has 0 radical (unpaired) electrons.